The summed E-state index contributed by atoms with van der Waals surface area (Å²) in [6.45, 7) is 4.92. The number of esters is 1. The third-order valence-corrected chi connectivity index (χ3v) is 3.98. The highest BCUT2D eigenvalue weighted by Gasteiger charge is 2.40. The summed E-state index contributed by atoms with van der Waals surface area (Å²) in [6, 6.07) is 0. The van der Waals surface area contributed by atoms with Crippen LogP contribution in [-0.2, 0) is 15.1 Å². The van der Waals surface area contributed by atoms with Crippen molar-refractivity contribution in [3.8, 4) is 0 Å². The first kappa shape index (κ1) is 12.5. The normalized spacial score (nSPS) is 18.7. The summed E-state index contributed by atoms with van der Waals surface area (Å²) in [4.78, 5) is 16.3. The third-order valence-electron chi connectivity index (χ3n) is 2.98. The van der Waals surface area contributed by atoms with Gasteiger partial charge >= 0.3 is 5.97 Å². The third kappa shape index (κ3) is 2.84. The van der Waals surface area contributed by atoms with Gasteiger partial charge in [0.05, 0.1) is 6.61 Å². The Hall–Kier alpha value is -0.940. The number of aromatic nitrogens is 1. The predicted octanol–water partition coefficient (Wildman–Crippen LogP) is 1.92. The van der Waals surface area contributed by atoms with Gasteiger partial charge in [0, 0.05) is 11.6 Å². The van der Waals surface area contributed by atoms with Crippen molar-refractivity contribution >= 4 is 17.3 Å². The molecule has 1 aromatic rings. The highest BCUT2D eigenvalue weighted by Crippen LogP contribution is 2.31. The van der Waals surface area contributed by atoms with E-state index in [0.717, 1.165) is 11.6 Å². The molecular formula is C12H18N2O2S. The van der Waals surface area contributed by atoms with Crippen molar-refractivity contribution in [3.05, 3.63) is 16.6 Å². The van der Waals surface area contributed by atoms with E-state index >= 15 is 0 Å². The Morgan fingerprint density at radius 3 is 3.00 bits per heavy atom. The molecule has 5 heteroatoms. The van der Waals surface area contributed by atoms with Crippen LogP contribution in [0.5, 0.6) is 0 Å². The van der Waals surface area contributed by atoms with Crippen LogP contribution < -0.4 is 5.32 Å². The number of nitrogens with zero attached hydrogens (tertiary/aromatic N) is 1. The lowest BCUT2D eigenvalue weighted by molar-refractivity contribution is -0.151. The van der Waals surface area contributed by atoms with Crippen molar-refractivity contribution in [2.24, 2.45) is 5.92 Å². The predicted molar refractivity (Wildman–Crippen MR) is 66.8 cm³/mol. The molecule has 1 aliphatic carbocycles. The molecule has 0 saturated heterocycles. The average molecular weight is 254 g/mol. The molecule has 1 saturated carbocycles. The Morgan fingerprint density at radius 2 is 2.47 bits per heavy atom. The smallest absolute Gasteiger partial charge is 0.333 e. The molecule has 0 aliphatic heterocycles. The highest BCUT2D eigenvalue weighted by molar-refractivity contribution is 7.09. The molecule has 2 rings (SSSR count). The van der Waals surface area contributed by atoms with Crippen molar-refractivity contribution in [2.45, 2.75) is 32.2 Å². The van der Waals surface area contributed by atoms with Gasteiger partial charge in [-0.15, -0.1) is 11.3 Å². The zero-order valence-corrected chi connectivity index (χ0v) is 11.0. The number of ether oxygens (including phenoxy) is 1. The van der Waals surface area contributed by atoms with E-state index in [4.69, 9.17) is 4.74 Å². The van der Waals surface area contributed by atoms with Crippen LogP contribution in [-0.4, -0.2) is 24.1 Å². The molecule has 1 heterocycles. The van der Waals surface area contributed by atoms with E-state index in [1.807, 2.05) is 19.2 Å². The van der Waals surface area contributed by atoms with Crippen molar-refractivity contribution < 1.29 is 9.53 Å². The summed E-state index contributed by atoms with van der Waals surface area (Å²) in [6.07, 6.45) is 4.23. The lowest BCUT2D eigenvalue weighted by Gasteiger charge is -2.26. The van der Waals surface area contributed by atoms with Gasteiger partial charge < -0.3 is 4.74 Å². The molecular weight excluding hydrogens is 236 g/mol. The quantitative estimate of drug-likeness (QED) is 0.788. The summed E-state index contributed by atoms with van der Waals surface area (Å²) in [5.74, 6) is 0.472. The van der Waals surface area contributed by atoms with Crippen LogP contribution in [0.4, 0.5) is 0 Å². The minimum Gasteiger partial charge on any atom is -0.464 e. The van der Waals surface area contributed by atoms with Gasteiger partial charge in [-0.1, -0.05) is 0 Å². The second-order valence-electron chi connectivity index (χ2n) is 4.51. The van der Waals surface area contributed by atoms with Gasteiger partial charge in [-0.2, -0.15) is 0 Å². The summed E-state index contributed by atoms with van der Waals surface area (Å²) < 4.78 is 5.15. The SMILES string of the molecule is CCOC(=O)C(C)(NCC1CC1)c1nccs1. The van der Waals surface area contributed by atoms with Gasteiger partial charge in [0.25, 0.3) is 0 Å². The largest absolute Gasteiger partial charge is 0.464 e. The van der Waals surface area contributed by atoms with E-state index in [1.54, 1.807) is 6.20 Å². The molecule has 0 amide bonds. The zero-order chi connectivity index (χ0) is 12.3. The van der Waals surface area contributed by atoms with Gasteiger partial charge in [-0.05, 0) is 39.2 Å². The minimum absolute atomic E-state index is 0.240. The second-order valence-corrected chi connectivity index (χ2v) is 5.40. The maximum Gasteiger partial charge on any atom is 0.333 e. The van der Waals surface area contributed by atoms with Crippen LogP contribution in [0.1, 0.15) is 31.7 Å². The van der Waals surface area contributed by atoms with E-state index in [9.17, 15) is 4.79 Å². The van der Waals surface area contributed by atoms with E-state index in [1.165, 1.54) is 24.2 Å². The molecule has 94 valence electrons. The number of hydrogen-bond donors (Lipinski definition) is 1. The lowest BCUT2D eigenvalue weighted by atomic mass is 10.0. The van der Waals surface area contributed by atoms with Crippen molar-refractivity contribution in [2.75, 3.05) is 13.2 Å². The molecule has 0 radical (unpaired) electrons. The first-order valence-corrected chi connectivity index (χ1v) is 6.87. The van der Waals surface area contributed by atoms with Gasteiger partial charge in [-0.25, -0.2) is 9.78 Å². The van der Waals surface area contributed by atoms with E-state index in [-0.39, 0.29) is 5.97 Å². The standard InChI is InChI=1S/C12H18N2O2S/c1-3-16-11(15)12(2,10-13-6-7-17-10)14-8-9-4-5-9/h6-7,9,14H,3-5,8H2,1-2H3. The number of thiazole rings is 1. The molecule has 1 N–H and O–H groups in total. The summed E-state index contributed by atoms with van der Waals surface area (Å²) >= 11 is 1.48. The number of nitrogens with one attached hydrogen (secondary N) is 1. The van der Waals surface area contributed by atoms with Crippen molar-refractivity contribution in [1.82, 2.24) is 10.3 Å². The van der Waals surface area contributed by atoms with Crippen LogP contribution in [0.3, 0.4) is 0 Å². The zero-order valence-electron chi connectivity index (χ0n) is 10.2. The first-order chi connectivity index (χ1) is 8.16. The highest BCUT2D eigenvalue weighted by atomic mass is 32.1. The molecule has 0 bridgehead atoms. The molecule has 1 unspecified atom stereocenters. The summed E-state index contributed by atoms with van der Waals surface area (Å²) in [5, 5.41) is 5.97. The maximum absolute atomic E-state index is 12.1. The van der Waals surface area contributed by atoms with Crippen LogP contribution in [0.2, 0.25) is 0 Å². The van der Waals surface area contributed by atoms with Gasteiger partial charge in [0.1, 0.15) is 5.01 Å². The number of carbonyl (C=O) groups is 1. The number of carbonyl (C=O) groups excluding carboxylic acids is 1. The second kappa shape index (κ2) is 5.14. The van der Waals surface area contributed by atoms with E-state index in [2.05, 4.69) is 10.3 Å². The fourth-order valence-corrected chi connectivity index (χ4v) is 2.41. The molecule has 17 heavy (non-hydrogen) atoms. The van der Waals surface area contributed by atoms with Crippen LogP contribution in [0.15, 0.2) is 11.6 Å². The van der Waals surface area contributed by atoms with Crippen molar-refractivity contribution in [3.63, 3.8) is 0 Å². The molecule has 0 aromatic carbocycles. The van der Waals surface area contributed by atoms with Gasteiger partial charge in [0.15, 0.2) is 5.54 Å². The Kier molecular flexibility index (Phi) is 3.79. The van der Waals surface area contributed by atoms with Crippen LogP contribution in [0, 0.1) is 5.92 Å². The van der Waals surface area contributed by atoms with Gasteiger partial charge in [0.2, 0.25) is 0 Å². The molecule has 1 aliphatic rings. The minimum atomic E-state index is -0.799. The summed E-state index contributed by atoms with van der Waals surface area (Å²) in [5.41, 5.74) is -0.799. The number of rotatable bonds is 6. The van der Waals surface area contributed by atoms with E-state index < -0.39 is 5.54 Å². The van der Waals surface area contributed by atoms with Crippen molar-refractivity contribution in [1.29, 1.82) is 0 Å². The van der Waals surface area contributed by atoms with Crippen LogP contribution >= 0.6 is 11.3 Å². The Morgan fingerprint density at radius 1 is 1.71 bits per heavy atom. The maximum atomic E-state index is 12.1. The molecule has 4 nitrogen and oxygen atoms in total. The summed E-state index contributed by atoms with van der Waals surface area (Å²) in [7, 11) is 0. The first-order valence-electron chi connectivity index (χ1n) is 5.99. The topological polar surface area (TPSA) is 51.2 Å². The fourth-order valence-electron chi connectivity index (χ4n) is 1.65. The average Bonchev–Trinajstić information content (AvgIpc) is 2.98. The fraction of sp³-hybridized carbons (Fsp3) is 0.667. The molecule has 1 fully saturated rings. The Bertz CT molecular complexity index is 376. The molecule has 0 spiro atoms. The number of hydrogen-bond acceptors (Lipinski definition) is 5. The monoisotopic (exact) mass is 254 g/mol. The Balaban J connectivity index is 2.11. The van der Waals surface area contributed by atoms with E-state index in [0.29, 0.717) is 12.5 Å². The molecule has 1 aromatic heterocycles. The van der Waals surface area contributed by atoms with Crippen LogP contribution in [0.25, 0.3) is 0 Å². The Labute approximate surface area is 105 Å². The van der Waals surface area contributed by atoms with Gasteiger partial charge in [-0.3, -0.25) is 5.32 Å². The molecule has 1 atom stereocenters. The lowest BCUT2D eigenvalue weighted by Crippen LogP contribution is -2.48.